The number of carbonyl (C=O) groups excluding carboxylic acids is 1. The van der Waals surface area contributed by atoms with Gasteiger partial charge in [0.2, 0.25) is 0 Å². The van der Waals surface area contributed by atoms with Crippen LogP contribution >= 0.6 is 12.4 Å². The molecule has 0 spiro atoms. The Morgan fingerprint density at radius 3 is 2.62 bits per heavy atom. The van der Waals surface area contributed by atoms with Crippen LogP contribution in [0.5, 0.6) is 5.75 Å². The third-order valence-electron chi connectivity index (χ3n) is 4.18. The summed E-state index contributed by atoms with van der Waals surface area (Å²) in [7, 11) is 0. The lowest BCUT2D eigenvalue weighted by Gasteiger charge is -2.27. The summed E-state index contributed by atoms with van der Waals surface area (Å²) in [4.78, 5) is 11.6. The lowest BCUT2D eigenvalue weighted by Crippen LogP contribution is -2.45. The topological polar surface area (TPSA) is 64.5 Å². The summed E-state index contributed by atoms with van der Waals surface area (Å²) in [6.07, 6.45) is 0.797. The lowest BCUT2D eigenvalue weighted by molar-refractivity contribution is 0.199. The molecule has 2 aliphatic heterocycles. The predicted octanol–water partition coefficient (Wildman–Crippen LogP) is 3.08. The van der Waals surface area contributed by atoms with Crippen molar-refractivity contribution in [3.63, 3.8) is 0 Å². The van der Waals surface area contributed by atoms with E-state index in [1.54, 1.807) is 0 Å². The van der Waals surface area contributed by atoms with Gasteiger partial charge in [-0.05, 0) is 29.7 Å². The molecular weight excluding hydrogens is 326 g/mol. The molecule has 2 N–H and O–H groups in total. The van der Waals surface area contributed by atoms with E-state index >= 15 is 0 Å². The van der Waals surface area contributed by atoms with E-state index < -0.39 is 0 Å². The minimum Gasteiger partial charge on any atom is -0.491 e. The van der Waals surface area contributed by atoms with Crippen LogP contribution in [-0.4, -0.2) is 25.7 Å². The van der Waals surface area contributed by atoms with Gasteiger partial charge in [-0.3, -0.25) is 0 Å². The largest absolute Gasteiger partial charge is 0.491 e. The summed E-state index contributed by atoms with van der Waals surface area (Å²) in [6.45, 7) is 2.62. The van der Waals surface area contributed by atoms with E-state index in [1.807, 2.05) is 30.3 Å². The average molecular weight is 345 g/mol. The molecule has 1 radical (unpaired) electrons. The van der Waals surface area contributed by atoms with E-state index in [0.717, 1.165) is 30.8 Å². The highest BCUT2D eigenvalue weighted by atomic mass is 35.5. The van der Waals surface area contributed by atoms with Gasteiger partial charge in [-0.2, -0.15) is 5.32 Å². The Balaban J connectivity index is 0.00000169. The smallest absolute Gasteiger partial charge is 0.346 e. The summed E-state index contributed by atoms with van der Waals surface area (Å²) in [5.41, 5.74) is 3.70. The number of carbonyl (C=O) groups is 1. The van der Waals surface area contributed by atoms with Crippen molar-refractivity contribution in [3.8, 4) is 5.75 Å². The van der Waals surface area contributed by atoms with Gasteiger partial charge < -0.3 is 15.4 Å². The molecule has 0 saturated carbocycles. The number of hydrogen-bond acceptors (Lipinski definition) is 3. The van der Waals surface area contributed by atoms with Crippen molar-refractivity contribution < 1.29 is 9.53 Å². The molecule has 125 valence electrons. The van der Waals surface area contributed by atoms with Crippen LogP contribution in [0.15, 0.2) is 42.5 Å². The summed E-state index contributed by atoms with van der Waals surface area (Å²) in [6, 6.07) is 13.9. The first kappa shape index (κ1) is 16.6. The minimum atomic E-state index is -0.327. The first-order valence-electron chi connectivity index (χ1n) is 7.85. The summed E-state index contributed by atoms with van der Waals surface area (Å²) >= 11 is 0. The molecule has 2 amide bonds. The molecule has 0 unspecified atom stereocenters. The fourth-order valence-corrected chi connectivity index (χ4v) is 2.84. The zero-order valence-corrected chi connectivity index (χ0v) is 13.9. The van der Waals surface area contributed by atoms with E-state index in [2.05, 4.69) is 28.1 Å². The van der Waals surface area contributed by atoms with Crippen LogP contribution in [-0.2, 0) is 6.42 Å². The Labute approximate surface area is 147 Å². The number of urea groups is 1. The molecule has 24 heavy (non-hydrogen) atoms. The molecule has 2 aromatic carbocycles. The number of rotatable bonds is 5. The quantitative estimate of drug-likeness (QED) is 0.876. The maximum atomic E-state index is 11.6. The number of hydrogen-bond donors (Lipinski definition) is 2. The number of anilines is 1. The van der Waals surface area contributed by atoms with Gasteiger partial charge in [-0.15, -0.1) is 12.4 Å². The Hall–Kier alpha value is -2.24. The number of benzene rings is 2. The van der Waals surface area contributed by atoms with Gasteiger partial charge in [-0.25, -0.2) is 4.79 Å². The van der Waals surface area contributed by atoms with Gasteiger partial charge in [-0.1, -0.05) is 30.3 Å². The Morgan fingerprint density at radius 1 is 1.12 bits per heavy atom. The first-order valence-corrected chi connectivity index (χ1v) is 7.85. The van der Waals surface area contributed by atoms with Crippen molar-refractivity contribution in [2.24, 2.45) is 5.92 Å². The monoisotopic (exact) mass is 344 g/mol. The molecular formula is C18H19ClN3O2. The predicted molar refractivity (Wildman–Crippen MR) is 95.6 cm³/mol. The van der Waals surface area contributed by atoms with Crippen molar-refractivity contribution >= 4 is 29.8 Å². The number of ether oxygens (including phenoxy) is 1. The second kappa shape index (κ2) is 7.11. The molecule has 0 aliphatic carbocycles. The molecule has 6 heteroatoms. The number of amides is 2. The number of nitrogens with one attached hydrogen (secondary N) is 2. The zero-order chi connectivity index (χ0) is 15.6. The molecule has 5 nitrogen and oxygen atoms in total. The summed E-state index contributed by atoms with van der Waals surface area (Å²) < 4.78 is 5.95. The third kappa shape index (κ3) is 3.47. The Bertz CT molecular complexity index is 733. The van der Waals surface area contributed by atoms with Gasteiger partial charge >= 0.3 is 6.03 Å². The van der Waals surface area contributed by atoms with Crippen molar-refractivity contribution in [1.29, 1.82) is 0 Å². The molecule has 4 rings (SSSR count). The highest BCUT2D eigenvalue weighted by Gasteiger charge is 2.25. The van der Waals surface area contributed by atoms with E-state index in [9.17, 15) is 4.79 Å². The van der Waals surface area contributed by atoms with Gasteiger partial charge in [0.1, 0.15) is 11.4 Å². The SMILES string of the molecule is Cl.O=C1[N]c2c(cc(Cc3ccccc3)cc2OCC2CNC2)N1. The summed E-state index contributed by atoms with van der Waals surface area (Å²) in [5.74, 6) is 1.23. The van der Waals surface area contributed by atoms with Crippen LogP contribution in [0.4, 0.5) is 16.2 Å². The molecule has 2 heterocycles. The van der Waals surface area contributed by atoms with Crippen LogP contribution in [0.25, 0.3) is 0 Å². The van der Waals surface area contributed by atoms with Crippen LogP contribution in [0.2, 0.25) is 0 Å². The van der Waals surface area contributed by atoms with Crippen molar-refractivity contribution in [1.82, 2.24) is 10.6 Å². The van der Waals surface area contributed by atoms with Crippen molar-refractivity contribution in [3.05, 3.63) is 53.6 Å². The highest BCUT2D eigenvalue weighted by Crippen LogP contribution is 2.39. The molecule has 2 aliphatic rings. The normalized spacial score (nSPS) is 15.6. The van der Waals surface area contributed by atoms with E-state index in [4.69, 9.17) is 4.74 Å². The summed E-state index contributed by atoms with van der Waals surface area (Å²) in [5, 5.41) is 10.0. The Kier molecular flexibility index (Phi) is 4.92. The number of fused-ring (bicyclic) bond motifs is 1. The average Bonchev–Trinajstić information content (AvgIpc) is 2.87. The molecule has 0 atom stereocenters. The van der Waals surface area contributed by atoms with E-state index in [1.165, 1.54) is 5.56 Å². The van der Waals surface area contributed by atoms with E-state index in [-0.39, 0.29) is 18.4 Å². The maximum Gasteiger partial charge on any atom is 0.346 e. The second-order valence-corrected chi connectivity index (χ2v) is 6.03. The van der Waals surface area contributed by atoms with Gasteiger partial charge in [0.05, 0.1) is 12.3 Å². The van der Waals surface area contributed by atoms with Gasteiger partial charge in [0.15, 0.2) is 0 Å². The number of halogens is 1. The van der Waals surface area contributed by atoms with Crippen LogP contribution in [0.3, 0.4) is 0 Å². The molecule has 1 fully saturated rings. The molecule has 2 aromatic rings. The van der Waals surface area contributed by atoms with E-state index in [0.29, 0.717) is 24.0 Å². The second-order valence-electron chi connectivity index (χ2n) is 6.03. The van der Waals surface area contributed by atoms with Gasteiger partial charge in [0, 0.05) is 19.0 Å². The molecule has 0 aromatic heterocycles. The fraction of sp³-hybridized carbons (Fsp3) is 0.278. The van der Waals surface area contributed by atoms with Gasteiger partial charge in [0.25, 0.3) is 0 Å². The Morgan fingerprint density at radius 2 is 1.92 bits per heavy atom. The highest BCUT2D eigenvalue weighted by molar-refractivity contribution is 6.04. The van der Waals surface area contributed by atoms with Crippen LogP contribution in [0.1, 0.15) is 11.1 Å². The zero-order valence-electron chi connectivity index (χ0n) is 13.1. The third-order valence-corrected chi connectivity index (χ3v) is 4.18. The standard InChI is InChI=1S/C18H18N3O2.ClH/c22-18-20-15-7-13(6-12-4-2-1-3-5-12)8-16(17(15)21-18)23-11-14-9-19-10-14;/h1-5,7-8,14,19H,6,9-11H2,(H,20,22);1H. The maximum absolute atomic E-state index is 11.6. The van der Waals surface area contributed by atoms with Crippen LogP contribution in [0, 0.1) is 5.92 Å². The molecule has 1 saturated heterocycles. The fourth-order valence-electron chi connectivity index (χ4n) is 2.84. The van der Waals surface area contributed by atoms with Crippen LogP contribution < -0.4 is 20.7 Å². The van der Waals surface area contributed by atoms with Crippen molar-refractivity contribution in [2.75, 3.05) is 25.0 Å². The number of nitrogens with zero attached hydrogens (tertiary/aromatic N) is 1. The lowest BCUT2D eigenvalue weighted by atomic mass is 10.0. The first-order chi connectivity index (χ1) is 11.3. The van der Waals surface area contributed by atoms with Crippen molar-refractivity contribution in [2.45, 2.75) is 6.42 Å². The minimum absolute atomic E-state index is 0. The molecule has 0 bridgehead atoms.